The van der Waals surface area contributed by atoms with E-state index in [1.807, 2.05) is 0 Å². The van der Waals surface area contributed by atoms with Crippen LogP contribution in [0, 0.1) is 5.92 Å². The van der Waals surface area contributed by atoms with Crippen molar-refractivity contribution in [2.45, 2.75) is 31.7 Å². The fourth-order valence-corrected chi connectivity index (χ4v) is 2.82. The molecule has 0 saturated heterocycles. The van der Waals surface area contributed by atoms with Gasteiger partial charge in [0, 0.05) is 32.6 Å². The van der Waals surface area contributed by atoms with Crippen LogP contribution in [0.3, 0.4) is 0 Å². The maximum atomic E-state index is 11.8. The van der Waals surface area contributed by atoms with Gasteiger partial charge in [0.25, 0.3) is 0 Å². The molecule has 1 aliphatic rings. The highest BCUT2D eigenvalue weighted by molar-refractivity contribution is 7.89. The zero-order valence-electron chi connectivity index (χ0n) is 11.1. The molecule has 3 N–H and O–H groups in total. The third-order valence-corrected chi connectivity index (χ3v) is 5.13. The molecule has 1 fully saturated rings. The minimum absolute atomic E-state index is 0.0594. The van der Waals surface area contributed by atoms with E-state index < -0.39 is 10.0 Å². The third kappa shape index (κ3) is 4.55. The van der Waals surface area contributed by atoms with Crippen LogP contribution in [0.2, 0.25) is 0 Å². The van der Waals surface area contributed by atoms with Gasteiger partial charge in [0.15, 0.2) is 0 Å². The van der Waals surface area contributed by atoms with Crippen LogP contribution < -0.4 is 11.1 Å². The van der Waals surface area contributed by atoms with Crippen LogP contribution in [-0.4, -0.2) is 51.1 Å². The smallest absolute Gasteiger partial charge is 0.223 e. The summed E-state index contributed by atoms with van der Waals surface area (Å²) in [7, 11) is -0.275. The quantitative estimate of drug-likeness (QED) is 0.709. The Bertz CT molecular complexity index is 381. The zero-order chi connectivity index (χ0) is 13.8. The average Bonchev–Trinajstić information content (AvgIpc) is 2.28. The predicted octanol–water partition coefficient (Wildman–Crippen LogP) is -0.488. The molecule has 0 heterocycles. The third-order valence-electron chi connectivity index (χ3n) is 3.30. The molecule has 0 aromatic heterocycles. The topological polar surface area (TPSA) is 92.5 Å². The van der Waals surface area contributed by atoms with Gasteiger partial charge in [0.2, 0.25) is 15.9 Å². The highest BCUT2D eigenvalue weighted by Gasteiger charge is 2.25. The maximum Gasteiger partial charge on any atom is 0.223 e. The molecule has 0 bridgehead atoms. The molecular weight excluding hydrogens is 254 g/mol. The first-order chi connectivity index (χ1) is 8.33. The summed E-state index contributed by atoms with van der Waals surface area (Å²) in [6, 6.07) is 0.0972. The number of nitrogens with one attached hydrogen (secondary N) is 1. The normalized spacial score (nSPS) is 25.1. The Kier molecular flexibility index (Phi) is 5.55. The van der Waals surface area contributed by atoms with Crippen LogP contribution >= 0.6 is 0 Å². The van der Waals surface area contributed by atoms with E-state index in [0.717, 1.165) is 23.6 Å². The predicted molar refractivity (Wildman–Crippen MR) is 70.4 cm³/mol. The number of rotatable bonds is 5. The minimum Gasteiger partial charge on any atom is -0.355 e. The molecule has 1 amide bonds. The Balaban J connectivity index is 2.33. The van der Waals surface area contributed by atoms with Gasteiger partial charge in [-0.25, -0.2) is 12.7 Å². The van der Waals surface area contributed by atoms with E-state index in [2.05, 4.69) is 5.32 Å². The van der Waals surface area contributed by atoms with Crippen LogP contribution in [0.4, 0.5) is 0 Å². The molecule has 0 spiro atoms. The fraction of sp³-hybridized carbons (Fsp3) is 0.909. The van der Waals surface area contributed by atoms with Crippen LogP contribution in [0.5, 0.6) is 0 Å². The lowest BCUT2D eigenvalue weighted by molar-refractivity contribution is -0.125. The maximum absolute atomic E-state index is 11.8. The number of nitrogens with two attached hydrogens (primary N) is 1. The lowest BCUT2D eigenvalue weighted by Gasteiger charge is -2.25. The van der Waals surface area contributed by atoms with Gasteiger partial charge in [0.05, 0.1) is 5.75 Å². The molecule has 0 aliphatic heterocycles. The molecule has 0 aromatic carbocycles. The van der Waals surface area contributed by atoms with Gasteiger partial charge in [-0.05, 0) is 19.3 Å². The van der Waals surface area contributed by atoms with Crippen molar-refractivity contribution in [3.63, 3.8) is 0 Å². The summed E-state index contributed by atoms with van der Waals surface area (Å²) in [5.74, 6) is -0.195. The lowest BCUT2D eigenvalue weighted by atomic mass is 9.85. The molecule has 1 aliphatic carbocycles. The molecule has 0 radical (unpaired) electrons. The molecular formula is C11H23N3O3S. The van der Waals surface area contributed by atoms with Gasteiger partial charge in [-0.15, -0.1) is 0 Å². The molecule has 2 unspecified atom stereocenters. The van der Waals surface area contributed by atoms with E-state index in [9.17, 15) is 13.2 Å². The van der Waals surface area contributed by atoms with E-state index in [1.165, 1.54) is 14.1 Å². The van der Waals surface area contributed by atoms with Gasteiger partial charge >= 0.3 is 0 Å². The van der Waals surface area contributed by atoms with Crippen molar-refractivity contribution in [1.29, 1.82) is 0 Å². The van der Waals surface area contributed by atoms with Crippen molar-refractivity contribution in [1.82, 2.24) is 9.62 Å². The van der Waals surface area contributed by atoms with Crippen molar-refractivity contribution in [3.8, 4) is 0 Å². The Morgan fingerprint density at radius 2 is 2.06 bits per heavy atom. The van der Waals surface area contributed by atoms with E-state index in [0.29, 0.717) is 6.42 Å². The molecule has 0 aromatic rings. The largest absolute Gasteiger partial charge is 0.355 e. The first kappa shape index (κ1) is 15.4. The monoisotopic (exact) mass is 277 g/mol. The van der Waals surface area contributed by atoms with E-state index >= 15 is 0 Å². The van der Waals surface area contributed by atoms with Gasteiger partial charge in [-0.1, -0.05) is 6.42 Å². The van der Waals surface area contributed by atoms with Crippen molar-refractivity contribution in [2.24, 2.45) is 11.7 Å². The standard InChI is InChI=1S/C11H23N3O3S/c1-14(2)18(16,17)7-6-13-11(15)9-4-3-5-10(12)8-9/h9-10H,3-8,12H2,1-2H3,(H,13,15). The molecule has 1 saturated carbocycles. The van der Waals surface area contributed by atoms with Crippen molar-refractivity contribution in [3.05, 3.63) is 0 Å². The van der Waals surface area contributed by atoms with E-state index in [1.54, 1.807) is 0 Å². The van der Waals surface area contributed by atoms with Gasteiger partial charge in [0.1, 0.15) is 0 Å². The summed E-state index contributed by atoms with van der Waals surface area (Å²) in [6.45, 7) is 0.158. The van der Waals surface area contributed by atoms with Crippen LogP contribution in [0.15, 0.2) is 0 Å². The van der Waals surface area contributed by atoms with Gasteiger partial charge in [-0.3, -0.25) is 4.79 Å². The number of amides is 1. The molecule has 1 rings (SSSR count). The number of sulfonamides is 1. The first-order valence-corrected chi connectivity index (χ1v) is 7.87. The van der Waals surface area contributed by atoms with Crippen molar-refractivity contribution < 1.29 is 13.2 Å². The summed E-state index contributed by atoms with van der Waals surface area (Å²) in [4.78, 5) is 11.8. The summed E-state index contributed by atoms with van der Waals surface area (Å²) in [5.41, 5.74) is 5.82. The molecule has 6 nitrogen and oxygen atoms in total. The molecule has 7 heteroatoms. The molecule has 106 valence electrons. The SMILES string of the molecule is CN(C)S(=O)(=O)CCNC(=O)C1CCCC(N)C1. The second-order valence-electron chi connectivity index (χ2n) is 5.01. The summed E-state index contributed by atoms with van der Waals surface area (Å²) in [5, 5.41) is 2.68. The van der Waals surface area contributed by atoms with Crippen molar-refractivity contribution >= 4 is 15.9 Å². The summed E-state index contributed by atoms with van der Waals surface area (Å²) in [6.07, 6.45) is 3.49. The lowest BCUT2D eigenvalue weighted by Crippen LogP contribution is -2.40. The second kappa shape index (κ2) is 6.49. The highest BCUT2D eigenvalue weighted by Crippen LogP contribution is 2.22. The average molecular weight is 277 g/mol. The van der Waals surface area contributed by atoms with Crippen LogP contribution in [-0.2, 0) is 14.8 Å². The number of nitrogens with zero attached hydrogens (tertiary/aromatic N) is 1. The Labute approximate surface area is 109 Å². The van der Waals surface area contributed by atoms with Crippen LogP contribution in [0.25, 0.3) is 0 Å². The number of carbonyl (C=O) groups excluding carboxylic acids is 1. The second-order valence-corrected chi connectivity index (χ2v) is 7.32. The number of carbonyl (C=O) groups is 1. The Hall–Kier alpha value is -0.660. The van der Waals surface area contributed by atoms with Gasteiger partial charge in [-0.2, -0.15) is 0 Å². The van der Waals surface area contributed by atoms with E-state index in [4.69, 9.17) is 5.73 Å². The fourth-order valence-electron chi connectivity index (χ4n) is 2.10. The zero-order valence-corrected chi connectivity index (χ0v) is 11.9. The molecule has 18 heavy (non-hydrogen) atoms. The highest BCUT2D eigenvalue weighted by atomic mass is 32.2. The van der Waals surface area contributed by atoms with Crippen molar-refractivity contribution in [2.75, 3.05) is 26.4 Å². The summed E-state index contributed by atoms with van der Waals surface area (Å²) < 4.78 is 24.2. The van der Waals surface area contributed by atoms with Crippen LogP contribution in [0.1, 0.15) is 25.7 Å². The Morgan fingerprint density at radius 3 is 2.61 bits per heavy atom. The van der Waals surface area contributed by atoms with E-state index in [-0.39, 0.29) is 30.2 Å². The Morgan fingerprint density at radius 1 is 1.39 bits per heavy atom. The minimum atomic E-state index is -3.24. The van der Waals surface area contributed by atoms with Gasteiger partial charge < -0.3 is 11.1 Å². The molecule has 2 atom stereocenters. The number of hydrogen-bond acceptors (Lipinski definition) is 4. The number of hydrogen-bond donors (Lipinski definition) is 2. The first-order valence-electron chi connectivity index (χ1n) is 6.26. The summed E-state index contributed by atoms with van der Waals surface area (Å²) >= 11 is 0.